The first-order chi connectivity index (χ1) is 29.9. The minimum absolute atomic E-state index is 0.0635. The first-order valence-corrected chi connectivity index (χ1v) is 21.9. The molecule has 0 spiro atoms. The second-order valence-electron chi connectivity index (χ2n) is 14.2. The van der Waals surface area contributed by atoms with Crippen LogP contribution in [0, 0.1) is 0 Å². The number of amides is 4. The van der Waals surface area contributed by atoms with Gasteiger partial charge >= 0.3 is 5.97 Å². The van der Waals surface area contributed by atoms with Crippen LogP contribution in [0.3, 0.4) is 0 Å². The van der Waals surface area contributed by atoms with E-state index in [0.717, 1.165) is 17.7 Å². The van der Waals surface area contributed by atoms with Crippen molar-refractivity contribution in [3.05, 3.63) is 29.3 Å². The average molecular weight is 868 g/mol. The fourth-order valence-electron chi connectivity index (χ4n) is 6.29. The van der Waals surface area contributed by atoms with Crippen LogP contribution in [0.25, 0.3) is 0 Å². The van der Waals surface area contributed by atoms with Crippen LogP contribution in [0.2, 0.25) is 0 Å². The summed E-state index contributed by atoms with van der Waals surface area (Å²) in [5, 5.41) is 5.33. The van der Waals surface area contributed by atoms with Crippen molar-refractivity contribution >= 4 is 35.3 Å². The summed E-state index contributed by atoms with van der Waals surface area (Å²) in [5.74, 6) is -2.33. The Kier molecular flexibility index (Phi) is 28.8. The Morgan fingerprint density at radius 3 is 1.56 bits per heavy atom. The number of benzene rings is 1. The zero-order valence-electron chi connectivity index (χ0n) is 36.1. The molecule has 346 valence electrons. The van der Waals surface area contributed by atoms with Gasteiger partial charge < -0.3 is 52.7 Å². The number of imide groups is 2. The van der Waals surface area contributed by atoms with E-state index in [-0.39, 0.29) is 36.5 Å². The van der Waals surface area contributed by atoms with Crippen LogP contribution in [0.5, 0.6) is 0 Å². The van der Waals surface area contributed by atoms with Gasteiger partial charge in [0.1, 0.15) is 12.6 Å². The van der Waals surface area contributed by atoms with Gasteiger partial charge in [-0.15, -0.1) is 0 Å². The van der Waals surface area contributed by atoms with Gasteiger partial charge in [-0.25, -0.2) is 0 Å². The van der Waals surface area contributed by atoms with Gasteiger partial charge in [0.2, 0.25) is 11.8 Å². The van der Waals surface area contributed by atoms with E-state index in [0.29, 0.717) is 138 Å². The van der Waals surface area contributed by atoms with Crippen molar-refractivity contribution in [1.29, 1.82) is 0 Å². The van der Waals surface area contributed by atoms with Crippen molar-refractivity contribution in [1.82, 2.24) is 10.2 Å². The molecule has 0 radical (unpaired) electrons. The Hall–Kier alpha value is -3.59. The summed E-state index contributed by atoms with van der Waals surface area (Å²) in [7, 11) is 0. The number of fused-ring (bicyclic) bond motifs is 1. The number of carbonyl (C=O) groups excluding carboxylic acids is 5. The zero-order valence-corrected chi connectivity index (χ0v) is 36.1. The first kappa shape index (κ1) is 51.8. The van der Waals surface area contributed by atoms with E-state index >= 15 is 0 Å². The van der Waals surface area contributed by atoms with E-state index in [1.54, 1.807) is 18.2 Å². The average Bonchev–Trinajstić information content (AvgIpc) is 3.51. The van der Waals surface area contributed by atoms with E-state index in [1.807, 2.05) is 0 Å². The standard InChI is InChI=1S/C43H69N3O15/c1-2-3-4-5-6-7-8-12-39(48)61-34-33-60-32-31-59-30-29-58-28-27-57-26-25-56-24-23-55-22-21-54-20-19-53-18-17-52-16-15-44-36-11-9-10-35-40(36)43(51)46(42(35)50)37-13-14-38(47)45-41(37)49/h9-11,37,44H,2-8,12-34H2,1H3,(H,45,47,49). The molecule has 61 heavy (non-hydrogen) atoms. The van der Waals surface area contributed by atoms with Crippen LogP contribution in [-0.4, -0.2) is 173 Å². The van der Waals surface area contributed by atoms with E-state index < -0.39 is 29.7 Å². The summed E-state index contributed by atoms with van der Waals surface area (Å²) in [6.45, 7) is 10.6. The fourth-order valence-corrected chi connectivity index (χ4v) is 6.29. The molecule has 1 aromatic carbocycles. The zero-order chi connectivity index (χ0) is 43.6. The third-order valence-electron chi connectivity index (χ3n) is 9.48. The number of esters is 1. The minimum atomic E-state index is -1.01. The highest BCUT2D eigenvalue weighted by atomic mass is 16.6. The lowest BCUT2D eigenvalue weighted by Crippen LogP contribution is -2.54. The Bertz CT molecular complexity index is 1400. The molecule has 2 aliphatic rings. The Morgan fingerprint density at radius 1 is 0.607 bits per heavy atom. The van der Waals surface area contributed by atoms with Crippen LogP contribution >= 0.6 is 0 Å². The monoisotopic (exact) mass is 867 g/mol. The molecule has 3 rings (SSSR count). The predicted octanol–water partition coefficient (Wildman–Crippen LogP) is 3.33. The van der Waals surface area contributed by atoms with Crippen LogP contribution in [0.15, 0.2) is 18.2 Å². The molecule has 1 atom stereocenters. The number of anilines is 1. The lowest BCUT2D eigenvalue weighted by molar-refractivity contribution is -0.145. The number of ether oxygens (including phenoxy) is 10. The number of unbranched alkanes of at least 4 members (excludes halogenated alkanes) is 6. The fraction of sp³-hybridized carbons (Fsp3) is 0.744. The minimum Gasteiger partial charge on any atom is -0.463 e. The second kappa shape index (κ2) is 34.0. The highest BCUT2D eigenvalue weighted by molar-refractivity contribution is 6.25. The van der Waals surface area contributed by atoms with E-state index in [9.17, 15) is 24.0 Å². The smallest absolute Gasteiger partial charge is 0.305 e. The molecular weight excluding hydrogens is 798 g/mol. The van der Waals surface area contributed by atoms with Gasteiger partial charge in [-0.05, 0) is 25.0 Å². The van der Waals surface area contributed by atoms with Crippen LogP contribution in [0.1, 0.15) is 91.8 Å². The van der Waals surface area contributed by atoms with Gasteiger partial charge in [0.25, 0.3) is 11.8 Å². The van der Waals surface area contributed by atoms with Gasteiger partial charge in [0.15, 0.2) is 0 Å². The lowest BCUT2D eigenvalue weighted by Gasteiger charge is -2.27. The number of hydrogen-bond donors (Lipinski definition) is 2. The van der Waals surface area contributed by atoms with Gasteiger partial charge in [-0.2, -0.15) is 0 Å². The van der Waals surface area contributed by atoms with Crippen molar-refractivity contribution < 1.29 is 71.3 Å². The summed E-state index contributed by atoms with van der Waals surface area (Å²) in [5.41, 5.74) is 0.900. The molecule has 18 nitrogen and oxygen atoms in total. The van der Waals surface area contributed by atoms with Crippen LogP contribution in [0.4, 0.5) is 5.69 Å². The molecular formula is C43H69N3O15. The molecule has 1 fully saturated rings. The summed E-state index contributed by atoms with van der Waals surface area (Å²) in [6, 6.07) is 3.90. The molecule has 18 heteroatoms. The Balaban J connectivity index is 0.981. The summed E-state index contributed by atoms with van der Waals surface area (Å²) >= 11 is 0. The Labute approximate surface area is 360 Å². The molecule has 4 amide bonds. The molecule has 2 N–H and O–H groups in total. The van der Waals surface area contributed by atoms with Gasteiger partial charge in [0.05, 0.1) is 130 Å². The van der Waals surface area contributed by atoms with Crippen molar-refractivity contribution in [2.24, 2.45) is 0 Å². The summed E-state index contributed by atoms with van der Waals surface area (Å²) in [4.78, 5) is 62.7. The molecule has 0 aliphatic carbocycles. The third-order valence-corrected chi connectivity index (χ3v) is 9.48. The van der Waals surface area contributed by atoms with Crippen molar-refractivity contribution in [3.8, 4) is 0 Å². The van der Waals surface area contributed by atoms with Crippen LogP contribution in [-0.2, 0) is 61.8 Å². The summed E-state index contributed by atoms with van der Waals surface area (Å²) in [6.07, 6.45) is 8.87. The Morgan fingerprint density at radius 2 is 1.07 bits per heavy atom. The molecule has 0 saturated carbocycles. The second-order valence-corrected chi connectivity index (χ2v) is 14.2. The third kappa shape index (κ3) is 22.4. The number of nitrogens with zero attached hydrogens (tertiary/aromatic N) is 1. The summed E-state index contributed by atoms with van der Waals surface area (Å²) < 4.78 is 54.7. The van der Waals surface area contributed by atoms with E-state index in [4.69, 9.17) is 47.4 Å². The molecule has 2 heterocycles. The predicted molar refractivity (Wildman–Crippen MR) is 223 cm³/mol. The number of nitrogens with one attached hydrogen (secondary N) is 2. The molecule has 2 aliphatic heterocycles. The largest absolute Gasteiger partial charge is 0.463 e. The van der Waals surface area contributed by atoms with Crippen molar-refractivity contribution in [3.63, 3.8) is 0 Å². The number of hydrogen-bond acceptors (Lipinski definition) is 16. The maximum absolute atomic E-state index is 13.2. The molecule has 0 aromatic heterocycles. The topological polar surface area (TPSA) is 205 Å². The molecule has 1 unspecified atom stereocenters. The van der Waals surface area contributed by atoms with E-state index in [1.165, 1.54) is 32.1 Å². The highest BCUT2D eigenvalue weighted by Gasteiger charge is 2.45. The molecule has 0 bridgehead atoms. The van der Waals surface area contributed by atoms with Gasteiger partial charge in [-0.1, -0.05) is 51.5 Å². The lowest BCUT2D eigenvalue weighted by atomic mass is 10.0. The molecule has 1 saturated heterocycles. The van der Waals surface area contributed by atoms with E-state index in [2.05, 4.69) is 17.6 Å². The SMILES string of the molecule is CCCCCCCCCC(=O)OCCOCCOCCOCCOCCOCCOCCOCCOCCOCCNc1cccc2c1C(=O)N(C1CCC(=O)NC1=O)C2=O. The normalized spacial score (nSPS) is 15.1. The number of piperidine rings is 1. The van der Waals surface area contributed by atoms with Crippen LogP contribution < -0.4 is 10.6 Å². The van der Waals surface area contributed by atoms with Crippen molar-refractivity contribution in [2.75, 3.05) is 137 Å². The van der Waals surface area contributed by atoms with Gasteiger partial charge in [0, 0.05) is 25.1 Å². The van der Waals surface area contributed by atoms with Crippen molar-refractivity contribution in [2.45, 2.75) is 77.2 Å². The quantitative estimate of drug-likeness (QED) is 0.0552. The molecule has 1 aromatic rings. The maximum atomic E-state index is 13.2. The van der Waals surface area contributed by atoms with Gasteiger partial charge in [-0.3, -0.25) is 34.2 Å². The highest BCUT2D eigenvalue weighted by Crippen LogP contribution is 2.32. The first-order valence-electron chi connectivity index (χ1n) is 21.9. The maximum Gasteiger partial charge on any atom is 0.305 e. The number of rotatable bonds is 40. The number of carbonyl (C=O) groups is 5.